The summed E-state index contributed by atoms with van der Waals surface area (Å²) in [5.74, 6) is -0.109. The summed E-state index contributed by atoms with van der Waals surface area (Å²) in [6.45, 7) is 8.24. The van der Waals surface area contributed by atoms with Gasteiger partial charge in [-0.2, -0.15) is 4.31 Å². The van der Waals surface area contributed by atoms with Gasteiger partial charge in [-0.15, -0.1) is 0 Å². The maximum atomic E-state index is 13.1. The third-order valence-electron chi connectivity index (χ3n) is 6.69. The van der Waals surface area contributed by atoms with Crippen LogP contribution in [0.25, 0.3) is 0 Å². The van der Waals surface area contributed by atoms with Crippen molar-refractivity contribution in [2.75, 3.05) is 64.3 Å². The second-order valence-electron chi connectivity index (χ2n) is 9.32. The van der Waals surface area contributed by atoms with Crippen molar-refractivity contribution in [1.82, 2.24) is 19.4 Å². The fourth-order valence-corrected chi connectivity index (χ4v) is 5.97. The van der Waals surface area contributed by atoms with Crippen LogP contribution in [0.3, 0.4) is 0 Å². The Morgan fingerprint density at radius 3 is 2.41 bits per heavy atom. The Labute approximate surface area is 201 Å². The van der Waals surface area contributed by atoms with Crippen LogP contribution in [0.2, 0.25) is 0 Å². The maximum Gasteiger partial charge on any atom is 0.243 e. The standard InChI is InChI=1S/C23H35N5O5S/c1-17-3-4-20(15-21(17)34(31,32)28-11-13-33-14-12-28)25-23(30)18(2)27-9-7-26(8-10-27)16-22(29)24-19-5-6-19/h3-4,15,18-19H,5-14,16H2,1-2H3,(H,24,29)(H,25,30). The lowest BCUT2D eigenvalue weighted by molar-refractivity contribution is -0.124. The second kappa shape index (κ2) is 10.7. The van der Waals surface area contributed by atoms with Crippen LogP contribution in [0.4, 0.5) is 5.69 Å². The Balaban J connectivity index is 1.32. The van der Waals surface area contributed by atoms with Gasteiger partial charge in [0.15, 0.2) is 0 Å². The van der Waals surface area contributed by atoms with E-state index >= 15 is 0 Å². The molecule has 3 aliphatic rings. The highest BCUT2D eigenvalue weighted by molar-refractivity contribution is 7.89. The van der Waals surface area contributed by atoms with Crippen LogP contribution in [-0.2, 0) is 24.3 Å². The number of morpholine rings is 1. The minimum absolute atomic E-state index is 0.0731. The molecule has 0 spiro atoms. The second-order valence-corrected chi connectivity index (χ2v) is 11.2. The van der Waals surface area contributed by atoms with E-state index < -0.39 is 10.0 Å². The van der Waals surface area contributed by atoms with Gasteiger partial charge in [0.25, 0.3) is 0 Å². The highest BCUT2D eigenvalue weighted by Gasteiger charge is 2.30. The summed E-state index contributed by atoms with van der Waals surface area (Å²) < 4.78 is 32.9. The number of amides is 2. The first kappa shape index (κ1) is 25.1. The quantitative estimate of drug-likeness (QED) is 0.534. The molecule has 4 rings (SSSR count). The van der Waals surface area contributed by atoms with Crippen molar-refractivity contribution in [2.45, 2.75) is 43.7 Å². The Kier molecular flexibility index (Phi) is 7.88. The number of aryl methyl sites for hydroxylation is 1. The van der Waals surface area contributed by atoms with Gasteiger partial charge in [-0.1, -0.05) is 6.07 Å². The number of hydrogen-bond donors (Lipinski definition) is 2. The third-order valence-corrected chi connectivity index (χ3v) is 8.73. The SMILES string of the molecule is Cc1ccc(NC(=O)C(C)N2CCN(CC(=O)NC3CC3)CC2)cc1S(=O)(=O)N1CCOCC1. The van der Waals surface area contributed by atoms with Gasteiger partial charge < -0.3 is 15.4 Å². The molecule has 1 aromatic carbocycles. The normalized spacial score (nSPS) is 21.7. The summed E-state index contributed by atoms with van der Waals surface area (Å²) >= 11 is 0. The number of carbonyl (C=O) groups excluding carboxylic acids is 2. The molecule has 3 fully saturated rings. The molecule has 1 aromatic rings. The molecule has 1 atom stereocenters. The Bertz CT molecular complexity index is 999. The number of ether oxygens (including phenoxy) is 1. The van der Waals surface area contributed by atoms with Crippen LogP contribution in [-0.4, -0.2) is 105 Å². The molecule has 11 heteroatoms. The first-order valence-electron chi connectivity index (χ1n) is 12.0. The van der Waals surface area contributed by atoms with Crippen LogP contribution < -0.4 is 10.6 Å². The molecular formula is C23H35N5O5S. The number of nitrogens with one attached hydrogen (secondary N) is 2. The molecule has 1 aliphatic carbocycles. The lowest BCUT2D eigenvalue weighted by atomic mass is 10.2. The van der Waals surface area contributed by atoms with Gasteiger partial charge in [0.05, 0.1) is 30.7 Å². The minimum Gasteiger partial charge on any atom is -0.379 e. The molecule has 0 bridgehead atoms. The molecule has 2 saturated heterocycles. The Hall–Kier alpha value is -2.05. The van der Waals surface area contributed by atoms with Crippen molar-refractivity contribution in [2.24, 2.45) is 0 Å². The van der Waals surface area contributed by atoms with Crippen LogP contribution >= 0.6 is 0 Å². The van der Waals surface area contributed by atoms with Gasteiger partial charge in [-0.05, 0) is 44.4 Å². The number of rotatable bonds is 8. The number of hydrogen-bond acceptors (Lipinski definition) is 7. The molecular weight excluding hydrogens is 458 g/mol. The molecule has 2 aliphatic heterocycles. The van der Waals surface area contributed by atoms with E-state index in [-0.39, 0.29) is 22.8 Å². The number of nitrogens with zero attached hydrogens (tertiary/aromatic N) is 3. The third kappa shape index (κ3) is 6.14. The molecule has 1 saturated carbocycles. The first-order valence-corrected chi connectivity index (χ1v) is 13.4. The van der Waals surface area contributed by atoms with E-state index in [0.717, 1.165) is 25.9 Å². The zero-order valence-corrected chi connectivity index (χ0v) is 20.8. The zero-order chi connectivity index (χ0) is 24.3. The van der Waals surface area contributed by atoms with Crippen molar-refractivity contribution in [3.63, 3.8) is 0 Å². The van der Waals surface area contributed by atoms with Gasteiger partial charge >= 0.3 is 0 Å². The molecule has 2 N–H and O–H groups in total. The lowest BCUT2D eigenvalue weighted by Crippen LogP contribution is -2.54. The summed E-state index contributed by atoms with van der Waals surface area (Å²) in [6, 6.07) is 4.99. The van der Waals surface area contributed by atoms with Crippen molar-refractivity contribution in [3.05, 3.63) is 23.8 Å². The summed E-state index contributed by atoms with van der Waals surface area (Å²) in [7, 11) is -3.66. The van der Waals surface area contributed by atoms with Gasteiger partial charge in [0, 0.05) is 51.0 Å². The van der Waals surface area contributed by atoms with Crippen LogP contribution in [0, 0.1) is 6.92 Å². The van der Waals surface area contributed by atoms with Gasteiger partial charge in [-0.25, -0.2) is 8.42 Å². The fourth-order valence-electron chi connectivity index (χ4n) is 4.31. The van der Waals surface area contributed by atoms with Crippen LogP contribution in [0.5, 0.6) is 0 Å². The molecule has 2 amide bonds. The summed E-state index contributed by atoms with van der Waals surface area (Å²) in [5.41, 5.74) is 1.10. The van der Waals surface area contributed by atoms with E-state index in [1.54, 1.807) is 25.1 Å². The number of piperazine rings is 1. The van der Waals surface area contributed by atoms with E-state index in [9.17, 15) is 18.0 Å². The predicted octanol–water partition coefficient (Wildman–Crippen LogP) is 0.239. The lowest BCUT2D eigenvalue weighted by Gasteiger charge is -2.37. The number of sulfonamides is 1. The number of carbonyl (C=O) groups is 2. The van der Waals surface area contributed by atoms with Crippen molar-refractivity contribution < 1.29 is 22.7 Å². The summed E-state index contributed by atoms with van der Waals surface area (Å²) in [5, 5.41) is 5.90. The fraction of sp³-hybridized carbons (Fsp3) is 0.652. The van der Waals surface area contributed by atoms with E-state index in [1.165, 1.54) is 4.31 Å². The minimum atomic E-state index is -3.66. The van der Waals surface area contributed by atoms with Crippen LogP contribution in [0.1, 0.15) is 25.3 Å². The molecule has 2 heterocycles. The van der Waals surface area contributed by atoms with Gasteiger partial charge in [0.2, 0.25) is 21.8 Å². The van der Waals surface area contributed by atoms with E-state index in [0.29, 0.717) is 63.2 Å². The molecule has 10 nitrogen and oxygen atoms in total. The zero-order valence-electron chi connectivity index (χ0n) is 20.0. The van der Waals surface area contributed by atoms with Gasteiger partial charge in [0.1, 0.15) is 0 Å². The maximum absolute atomic E-state index is 13.1. The molecule has 0 radical (unpaired) electrons. The van der Waals surface area contributed by atoms with Crippen molar-refractivity contribution in [1.29, 1.82) is 0 Å². The average molecular weight is 494 g/mol. The summed E-state index contributed by atoms with van der Waals surface area (Å²) in [4.78, 5) is 29.4. The van der Waals surface area contributed by atoms with E-state index in [1.807, 2.05) is 6.92 Å². The highest BCUT2D eigenvalue weighted by atomic mass is 32.2. The smallest absolute Gasteiger partial charge is 0.243 e. The number of anilines is 1. The molecule has 34 heavy (non-hydrogen) atoms. The van der Waals surface area contributed by atoms with Crippen molar-refractivity contribution in [3.8, 4) is 0 Å². The monoisotopic (exact) mass is 493 g/mol. The summed E-state index contributed by atoms with van der Waals surface area (Å²) in [6.07, 6.45) is 2.15. The Morgan fingerprint density at radius 1 is 1.09 bits per heavy atom. The van der Waals surface area contributed by atoms with E-state index in [2.05, 4.69) is 20.4 Å². The number of benzene rings is 1. The first-order chi connectivity index (χ1) is 16.2. The average Bonchev–Trinajstić information content (AvgIpc) is 3.64. The van der Waals surface area contributed by atoms with E-state index in [4.69, 9.17) is 4.74 Å². The molecule has 0 aromatic heterocycles. The highest BCUT2D eigenvalue weighted by Crippen LogP contribution is 2.25. The molecule has 1 unspecified atom stereocenters. The topological polar surface area (TPSA) is 111 Å². The predicted molar refractivity (Wildman–Crippen MR) is 128 cm³/mol. The van der Waals surface area contributed by atoms with Crippen LogP contribution in [0.15, 0.2) is 23.1 Å². The van der Waals surface area contributed by atoms with Gasteiger partial charge in [-0.3, -0.25) is 19.4 Å². The van der Waals surface area contributed by atoms with Crippen molar-refractivity contribution >= 4 is 27.5 Å². The Morgan fingerprint density at radius 2 is 1.76 bits per heavy atom. The largest absolute Gasteiger partial charge is 0.379 e. The molecule has 188 valence electrons.